The quantitative estimate of drug-likeness (QED) is 0.849. The highest BCUT2D eigenvalue weighted by Gasteiger charge is 2.07. The van der Waals surface area contributed by atoms with E-state index in [2.05, 4.69) is 5.32 Å². The van der Waals surface area contributed by atoms with Gasteiger partial charge in [0.1, 0.15) is 12.4 Å². The monoisotopic (exact) mass is 320 g/mol. The van der Waals surface area contributed by atoms with Crippen LogP contribution in [0.5, 0.6) is 5.75 Å². The summed E-state index contributed by atoms with van der Waals surface area (Å²) in [5, 5.41) is 4.49. The fourth-order valence-corrected chi connectivity index (χ4v) is 1.79. The third-order valence-electron chi connectivity index (χ3n) is 2.98. The number of hydrogen-bond acceptors (Lipinski definition) is 3. The van der Waals surface area contributed by atoms with Crippen molar-refractivity contribution >= 4 is 23.3 Å². The first-order chi connectivity index (χ1) is 10.6. The van der Waals surface area contributed by atoms with E-state index in [0.717, 1.165) is 16.4 Å². The number of urea groups is 1. The van der Waals surface area contributed by atoms with Gasteiger partial charge in [0.2, 0.25) is 0 Å². The molecule has 0 aromatic heterocycles. The zero-order chi connectivity index (χ0) is 15.9. The van der Waals surface area contributed by atoms with Crippen molar-refractivity contribution in [1.82, 2.24) is 5.06 Å². The van der Waals surface area contributed by atoms with Crippen LogP contribution >= 0.6 is 11.6 Å². The molecule has 0 aliphatic rings. The minimum absolute atomic E-state index is 0.340. The average molecular weight is 321 g/mol. The van der Waals surface area contributed by atoms with Crippen molar-refractivity contribution in [3.63, 3.8) is 0 Å². The lowest BCUT2D eigenvalue weighted by molar-refractivity contribution is -0.0598. The number of benzene rings is 2. The Morgan fingerprint density at radius 3 is 2.36 bits per heavy atom. The summed E-state index contributed by atoms with van der Waals surface area (Å²) in [6, 6.07) is 14.2. The molecule has 0 spiro atoms. The van der Waals surface area contributed by atoms with Gasteiger partial charge in [-0.2, -0.15) is 0 Å². The highest BCUT2D eigenvalue weighted by molar-refractivity contribution is 6.30. The van der Waals surface area contributed by atoms with Gasteiger partial charge in [-0.25, -0.2) is 9.86 Å². The molecule has 2 rings (SSSR count). The Morgan fingerprint density at radius 2 is 1.77 bits per heavy atom. The van der Waals surface area contributed by atoms with Crippen LogP contribution < -0.4 is 10.1 Å². The molecule has 0 aliphatic heterocycles. The van der Waals surface area contributed by atoms with E-state index in [1.165, 1.54) is 14.2 Å². The third-order valence-corrected chi connectivity index (χ3v) is 3.24. The maximum absolute atomic E-state index is 11.6. The second-order valence-electron chi connectivity index (χ2n) is 4.55. The van der Waals surface area contributed by atoms with Crippen LogP contribution in [0.1, 0.15) is 5.56 Å². The molecular weight excluding hydrogens is 304 g/mol. The number of carbonyl (C=O) groups is 1. The molecule has 2 amide bonds. The number of carbonyl (C=O) groups excluding carboxylic acids is 1. The minimum Gasteiger partial charge on any atom is -0.489 e. The van der Waals surface area contributed by atoms with E-state index in [0.29, 0.717) is 17.3 Å². The number of hydroxylamine groups is 2. The first kappa shape index (κ1) is 16.1. The van der Waals surface area contributed by atoms with E-state index in [1.54, 1.807) is 12.1 Å². The van der Waals surface area contributed by atoms with Crippen molar-refractivity contribution in [2.75, 3.05) is 19.5 Å². The maximum atomic E-state index is 11.6. The molecule has 116 valence electrons. The molecule has 22 heavy (non-hydrogen) atoms. The molecule has 2 aromatic rings. The summed E-state index contributed by atoms with van der Waals surface area (Å²) >= 11 is 5.82. The Labute approximate surface area is 134 Å². The topological polar surface area (TPSA) is 50.8 Å². The summed E-state index contributed by atoms with van der Waals surface area (Å²) in [4.78, 5) is 16.4. The minimum atomic E-state index is -0.340. The van der Waals surface area contributed by atoms with Gasteiger partial charge in [0.15, 0.2) is 0 Å². The van der Waals surface area contributed by atoms with Crippen LogP contribution in [-0.4, -0.2) is 25.3 Å². The highest BCUT2D eigenvalue weighted by Crippen LogP contribution is 2.17. The molecule has 5 nitrogen and oxygen atoms in total. The van der Waals surface area contributed by atoms with Crippen LogP contribution in [0.3, 0.4) is 0 Å². The van der Waals surface area contributed by atoms with Gasteiger partial charge in [0, 0.05) is 17.8 Å². The van der Waals surface area contributed by atoms with Gasteiger partial charge < -0.3 is 10.1 Å². The Hall–Kier alpha value is -2.24. The summed E-state index contributed by atoms with van der Waals surface area (Å²) in [5.74, 6) is 0.753. The molecule has 0 saturated carbocycles. The molecule has 0 unspecified atom stereocenters. The largest absolute Gasteiger partial charge is 0.489 e. The first-order valence-electron chi connectivity index (χ1n) is 6.64. The highest BCUT2D eigenvalue weighted by atomic mass is 35.5. The lowest BCUT2D eigenvalue weighted by Crippen LogP contribution is -2.30. The zero-order valence-electron chi connectivity index (χ0n) is 12.4. The smallest absolute Gasteiger partial charge is 0.345 e. The lowest BCUT2D eigenvalue weighted by atomic mass is 10.2. The number of nitrogens with one attached hydrogen (secondary N) is 1. The van der Waals surface area contributed by atoms with Crippen molar-refractivity contribution in [2.45, 2.75) is 6.61 Å². The molecule has 2 aromatic carbocycles. The lowest BCUT2D eigenvalue weighted by Gasteiger charge is -2.14. The van der Waals surface area contributed by atoms with Gasteiger partial charge in [0.05, 0.1) is 7.11 Å². The van der Waals surface area contributed by atoms with Crippen LogP contribution in [0, 0.1) is 0 Å². The normalized spacial score (nSPS) is 10.1. The van der Waals surface area contributed by atoms with Gasteiger partial charge >= 0.3 is 6.03 Å². The van der Waals surface area contributed by atoms with Gasteiger partial charge in [0.25, 0.3) is 0 Å². The molecule has 1 N–H and O–H groups in total. The van der Waals surface area contributed by atoms with Crippen molar-refractivity contribution in [3.05, 3.63) is 59.1 Å². The summed E-state index contributed by atoms with van der Waals surface area (Å²) in [5.41, 5.74) is 1.68. The molecular formula is C16H17ClN2O3. The molecule has 0 heterocycles. The zero-order valence-corrected chi connectivity index (χ0v) is 13.1. The van der Waals surface area contributed by atoms with Crippen LogP contribution in [0.2, 0.25) is 5.02 Å². The van der Waals surface area contributed by atoms with E-state index in [9.17, 15) is 4.79 Å². The fraction of sp³-hybridized carbons (Fsp3) is 0.188. The Balaban J connectivity index is 1.89. The molecule has 0 aliphatic carbocycles. The molecule has 0 fully saturated rings. The van der Waals surface area contributed by atoms with Crippen LogP contribution in [0.4, 0.5) is 10.5 Å². The number of nitrogens with zero attached hydrogens (tertiary/aromatic N) is 1. The predicted octanol–water partition coefficient (Wildman–Crippen LogP) is 3.94. The van der Waals surface area contributed by atoms with Crippen molar-refractivity contribution in [3.8, 4) is 5.75 Å². The summed E-state index contributed by atoms with van der Waals surface area (Å²) < 4.78 is 5.65. The van der Waals surface area contributed by atoms with Crippen LogP contribution in [-0.2, 0) is 11.4 Å². The molecule has 0 bridgehead atoms. The van der Waals surface area contributed by atoms with Gasteiger partial charge in [-0.15, -0.1) is 0 Å². The summed E-state index contributed by atoms with van der Waals surface area (Å²) in [6.45, 7) is 0.438. The molecule has 0 radical (unpaired) electrons. The number of rotatable bonds is 5. The summed E-state index contributed by atoms with van der Waals surface area (Å²) in [6.07, 6.45) is 0. The van der Waals surface area contributed by atoms with Gasteiger partial charge in [-0.05, 0) is 42.0 Å². The standard InChI is InChI=1S/C16H17ClN2O3/c1-19(21-2)16(20)18-14-7-3-12(4-8-14)11-22-15-9-5-13(17)6-10-15/h3-10H,11H2,1-2H3,(H,18,20). The number of ether oxygens (including phenoxy) is 1. The van der Waals surface area contributed by atoms with E-state index in [1.807, 2.05) is 36.4 Å². The molecule has 0 saturated heterocycles. The number of amides is 2. The average Bonchev–Trinajstić information content (AvgIpc) is 2.55. The first-order valence-corrected chi connectivity index (χ1v) is 7.02. The van der Waals surface area contributed by atoms with E-state index in [4.69, 9.17) is 21.2 Å². The molecule has 0 atom stereocenters. The predicted molar refractivity (Wildman–Crippen MR) is 86.0 cm³/mol. The van der Waals surface area contributed by atoms with Gasteiger partial charge in [-0.3, -0.25) is 4.84 Å². The van der Waals surface area contributed by atoms with E-state index < -0.39 is 0 Å². The SMILES string of the molecule is CON(C)C(=O)Nc1ccc(COc2ccc(Cl)cc2)cc1. The number of anilines is 1. The van der Waals surface area contributed by atoms with Gasteiger partial charge in [-0.1, -0.05) is 23.7 Å². The molecule has 6 heteroatoms. The van der Waals surface area contributed by atoms with E-state index in [-0.39, 0.29) is 6.03 Å². The Morgan fingerprint density at radius 1 is 1.14 bits per heavy atom. The number of hydrogen-bond donors (Lipinski definition) is 1. The Bertz CT molecular complexity index is 614. The van der Waals surface area contributed by atoms with Crippen LogP contribution in [0.15, 0.2) is 48.5 Å². The van der Waals surface area contributed by atoms with Crippen molar-refractivity contribution in [1.29, 1.82) is 0 Å². The third kappa shape index (κ3) is 4.65. The fourth-order valence-electron chi connectivity index (χ4n) is 1.67. The second kappa shape index (κ2) is 7.68. The Kier molecular flexibility index (Phi) is 5.63. The maximum Gasteiger partial charge on any atom is 0.345 e. The van der Waals surface area contributed by atoms with Crippen LogP contribution in [0.25, 0.3) is 0 Å². The summed E-state index contributed by atoms with van der Waals surface area (Å²) in [7, 11) is 2.96. The second-order valence-corrected chi connectivity index (χ2v) is 4.99. The van der Waals surface area contributed by atoms with E-state index >= 15 is 0 Å². The number of halogens is 1. The van der Waals surface area contributed by atoms with Crippen molar-refractivity contribution in [2.24, 2.45) is 0 Å². The van der Waals surface area contributed by atoms with Crippen molar-refractivity contribution < 1.29 is 14.4 Å².